The molecule has 0 aliphatic rings. The summed E-state index contributed by atoms with van der Waals surface area (Å²) < 4.78 is 38.1. The summed E-state index contributed by atoms with van der Waals surface area (Å²) in [6, 6.07) is 2.78. The van der Waals surface area contributed by atoms with Crippen molar-refractivity contribution in [2.45, 2.75) is 6.18 Å². The Kier molecular flexibility index (Phi) is 3.75. The fraction of sp³-hybridized carbons (Fsp3) is 0.200. The molecular weight excluding hydrogens is 343 g/mol. The minimum atomic E-state index is -4.53. The standard InChI is InChI=1S/C10H7BrF3N5O/c1-19-17-9(16-18-19)15-8(20)6-4-5(10(12,13)14)2-3-7(6)11/h2-4H,1H3,(H,15,17,20). The number of nitrogens with one attached hydrogen (secondary N) is 1. The first-order valence-corrected chi connectivity index (χ1v) is 5.99. The van der Waals surface area contributed by atoms with Gasteiger partial charge < -0.3 is 0 Å². The van der Waals surface area contributed by atoms with Gasteiger partial charge in [0.25, 0.3) is 11.9 Å². The molecule has 0 unspecified atom stereocenters. The third kappa shape index (κ3) is 3.13. The molecule has 2 rings (SSSR count). The Morgan fingerprint density at radius 1 is 1.40 bits per heavy atom. The van der Waals surface area contributed by atoms with Crippen molar-refractivity contribution in [1.82, 2.24) is 20.2 Å². The Morgan fingerprint density at radius 3 is 2.65 bits per heavy atom. The fourth-order valence-corrected chi connectivity index (χ4v) is 1.81. The highest BCUT2D eigenvalue weighted by atomic mass is 79.9. The van der Waals surface area contributed by atoms with E-state index in [0.717, 1.165) is 23.0 Å². The number of hydrogen-bond acceptors (Lipinski definition) is 4. The van der Waals surface area contributed by atoms with Crippen molar-refractivity contribution in [3.05, 3.63) is 33.8 Å². The van der Waals surface area contributed by atoms with E-state index in [-0.39, 0.29) is 16.0 Å². The molecule has 1 amide bonds. The van der Waals surface area contributed by atoms with Gasteiger partial charge in [0.1, 0.15) is 0 Å². The van der Waals surface area contributed by atoms with Crippen molar-refractivity contribution >= 4 is 27.8 Å². The number of anilines is 1. The SMILES string of the molecule is Cn1nnc(NC(=O)c2cc(C(F)(F)F)ccc2Br)n1. The normalized spacial score (nSPS) is 11.4. The number of aryl methyl sites for hydroxylation is 1. The first-order valence-electron chi connectivity index (χ1n) is 5.19. The molecule has 0 saturated carbocycles. The molecule has 6 nitrogen and oxygen atoms in total. The Bertz CT molecular complexity index is 655. The minimum absolute atomic E-state index is 0.0955. The predicted octanol–water partition coefficient (Wildman–Crippen LogP) is 2.24. The quantitative estimate of drug-likeness (QED) is 0.902. The molecule has 0 saturated heterocycles. The van der Waals surface area contributed by atoms with Crippen LogP contribution in [0.2, 0.25) is 0 Å². The largest absolute Gasteiger partial charge is 0.416 e. The van der Waals surface area contributed by atoms with E-state index in [4.69, 9.17) is 0 Å². The Hall–Kier alpha value is -1.97. The molecule has 1 heterocycles. The van der Waals surface area contributed by atoms with Crippen LogP contribution in [0.1, 0.15) is 15.9 Å². The van der Waals surface area contributed by atoms with Gasteiger partial charge in [0.05, 0.1) is 18.2 Å². The van der Waals surface area contributed by atoms with Gasteiger partial charge in [-0.3, -0.25) is 10.1 Å². The summed E-state index contributed by atoms with van der Waals surface area (Å²) in [6.45, 7) is 0. The summed E-state index contributed by atoms with van der Waals surface area (Å²) in [5.74, 6) is -0.863. The van der Waals surface area contributed by atoms with E-state index < -0.39 is 17.6 Å². The second-order valence-corrected chi connectivity index (χ2v) is 4.60. The highest BCUT2D eigenvalue weighted by Crippen LogP contribution is 2.32. The molecule has 20 heavy (non-hydrogen) atoms. The molecule has 106 valence electrons. The van der Waals surface area contributed by atoms with E-state index in [1.165, 1.54) is 7.05 Å². The number of aromatic nitrogens is 4. The smallest absolute Gasteiger partial charge is 0.288 e. The molecule has 1 aromatic carbocycles. The molecule has 0 fully saturated rings. The first-order chi connectivity index (χ1) is 9.27. The summed E-state index contributed by atoms with van der Waals surface area (Å²) in [5.41, 5.74) is -1.09. The van der Waals surface area contributed by atoms with Crippen molar-refractivity contribution in [3.8, 4) is 0 Å². The molecule has 10 heteroatoms. The van der Waals surface area contributed by atoms with Crippen LogP contribution in [0, 0.1) is 0 Å². The predicted molar refractivity (Wildman–Crippen MR) is 65.9 cm³/mol. The zero-order valence-electron chi connectivity index (χ0n) is 9.94. The lowest BCUT2D eigenvalue weighted by atomic mass is 10.1. The zero-order chi connectivity index (χ0) is 14.9. The van der Waals surface area contributed by atoms with Gasteiger partial charge in [-0.15, -0.1) is 5.10 Å². The average molecular weight is 350 g/mol. The number of halogens is 4. The summed E-state index contributed by atoms with van der Waals surface area (Å²) in [6.07, 6.45) is -4.53. The van der Waals surface area contributed by atoms with Gasteiger partial charge in [0, 0.05) is 4.47 Å². The van der Waals surface area contributed by atoms with Gasteiger partial charge in [-0.25, -0.2) is 0 Å². The molecule has 1 N–H and O–H groups in total. The van der Waals surface area contributed by atoms with Gasteiger partial charge in [0.15, 0.2) is 0 Å². The number of tetrazole rings is 1. The van der Waals surface area contributed by atoms with Crippen LogP contribution in [0.15, 0.2) is 22.7 Å². The molecule has 0 aliphatic carbocycles. The van der Waals surface area contributed by atoms with E-state index in [9.17, 15) is 18.0 Å². The van der Waals surface area contributed by atoms with Crippen LogP contribution in [0.3, 0.4) is 0 Å². The van der Waals surface area contributed by atoms with Crippen LogP contribution in [0.25, 0.3) is 0 Å². The fourth-order valence-electron chi connectivity index (χ4n) is 1.38. The second kappa shape index (κ2) is 5.19. The summed E-state index contributed by atoms with van der Waals surface area (Å²) in [4.78, 5) is 13.0. The van der Waals surface area contributed by atoms with Crippen molar-refractivity contribution in [1.29, 1.82) is 0 Å². The minimum Gasteiger partial charge on any atom is -0.288 e. The Balaban J connectivity index is 2.29. The Labute approximate surface area is 119 Å². The number of hydrogen-bond donors (Lipinski definition) is 1. The first kappa shape index (κ1) is 14.4. The summed E-state index contributed by atoms with van der Waals surface area (Å²) in [5, 5.41) is 13.0. The van der Waals surface area contributed by atoms with Gasteiger partial charge in [-0.2, -0.15) is 18.0 Å². The average Bonchev–Trinajstić information content (AvgIpc) is 2.73. The maximum absolute atomic E-state index is 12.6. The van der Waals surface area contributed by atoms with E-state index in [0.29, 0.717) is 0 Å². The maximum atomic E-state index is 12.6. The van der Waals surface area contributed by atoms with Crippen LogP contribution in [0.5, 0.6) is 0 Å². The van der Waals surface area contributed by atoms with Crippen molar-refractivity contribution in [3.63, 3.8) is 0 Å². The van der Waals surface area contributed by atoms with Crippen LogP contribution in [0.4, 0.5) is 19.1 Å². The van der Waals surface area contributed by atoms with Crippen LogP contribution >= 0.6 is 15.9 Å². The lowest BCUT2D eigenvalue weighted by Gasteiger charge is -2.09. The topological polar surface area (TPSA) is 72.7 Å². The molecular formula is C10H7BrF3N5O. The molecule has 0 radical (unpaired) electrons. The van der Waals surface area contributed by atoms with Gasteiger partial charge >= 0.3 is 6.18 Å². The lowest BCUT2D eigenvalue weighted by Crippen LogP contribution is -2.15. The number of amides is 1. The third-order valence-electron chi connectivity index (χ3n) is 2.27. The van der Waals surface area contributed by atoms with E-state index in [1.807, 2.05) is 0 Å². The van der Waals surface area contributed by atoms with Crippen LogP contribution < -0.4 is 5.32 Å². The number of benzene rings is 1. The number of alkyl halides is 3. The molecule has 0 atom stereocenters. The number of carbonyl (C=O) groups is 1. The van der Waals surface area contributed by atoms with Crippen molar-refractivity contribution in [2.24, 2.45) is 7.05 Å². The van der Waals surface area contributed by atoms with Crippen molar-refractivity contribution < 1.29 is 18.0 Å². The lowest BCUT2D eigenvalue weighted by molar-refractivity contribution is -0.137. The van der Waals surface area contributed by atoms with Crippen LogP contribution in [-0.2, 0) is 13.2 Å². The van der Waals surface area contributed by atoms with E-state index in [1.54, 1.807) is 0 Å². The van der Waals surface area contributed by atoms with E-state index >= 15 is 0 Å². The highest BCUT2D eigenvalue weighted by molar-refractivity contribution is 9.10. The molecule has 1 aromatic heterocycles. The Morgan fingerprint density at radius 2 is 2.10 bits per heavy atom. The van der Waals surface area contributed by atoms with E-state index in [2.05, 4.69) is 36.7 Å². The second-order valence-electron chi connectivity index (χ2n) is 3.75. The van der Waals surface area contributed by atoms with Gasteiger partial charge in [-0.05, 0) is 39.3 Å². The van der Waals surface area contributed by atoms with Crippen molar-refractivity contribution in [2.75, 3.05) is 5.32 Å². The monoisotopic (exact) mass is 349 g/mol. The van der Waals surface area contributed by atoms with Gasteiger partial charge in [-0.1, -0.05) is 5.10 Å². The summed E-state index contributed by atoms with van der Waals surface area (Å²) >= 11 is 3.03. The molecule has 2 aromatic rings. The molecule has 0 spiro atoms. The summed E-state index contributed by atoms with van der Waals surface area (Å²) in [7, 11) is 1.49. The zero-order valence-corrected chi connectivity index (χ0v) is 11.5. The number of rotatable bonds is 2. The molecule has 0 aliphatic heterocycles. The maximum Gasteiger partial charge on any atom is 0.416 e. The number of nitrogens with zero attached hydrogens (tertiary/aromatic N) is 4. The molecule has 0 bridgehead atoms. The third-order valence-corrected chi connectivity index (χ3v) is 2.96. The van der Waals surface area contributed by atoms with Crippen LogP contribution in [-0.4, -0.2) is 26.1 Å². The van der Waals surface area contributed by atoms with Gasteiger partial charge in [0.2, 0.25) is 0 Å². The number of carbonyl (C=O) groups excluding carboxylic acids is 1. The highest BCUT2D eigenvalue weighted by Gasteiger charge is 2.31.